The number of carbonyl (C=O) groups excluding carboxylic acids is 1. The average molecular weight is 284 g/mol. The molecule has 0 saturated carbocycles. The average Bonchev–Trinajstić information content (AvgIpc) is 2.78. The van der Waals surface area contributed by atoms with Crippen molar-refractivity contribution >= 4 is 28.9 Å². The van der Waals surface area contributed by atoms with Gasteiger partial charge in [0.2, 0.25) is 5.91 Å². The van der Waals surface area contributed by atoms with Crippen LogP contribution in [0.25, 0.3) is 0 Å². The summed E-state index contributed by atoms with van der Waals surface area (Å²) in [4.78, 5) is 14.1. The van der Waals surface area contributed by atoms with Crippen molar-refractivity contribution < 1.29 is 9.90 Å². The van der Waals surface area contributed by atoms with Gasteiger partial charge in [-0.25, -0.2) is 0 Å². The zero-order valence-corrected chi connectivity index (χ0v) is 11.5. The standard InChI is InChI=1S/C13H18ClN3O2/c1-8(17-5-4-10(18)7-17)13(19)16-12-3-2-9(15)6-11(12)14/h2-3,6,8,10,18H,4-5,7,15H2,1H3,(H,16,19). The van der Waals surface area contributed by atoms with E-state index in [0.29, 0.717) is 29.4 Å². The van der Waals surface area contributed by atoms with E-state index in [0.717, 1.165) is 6.54 Å². The predicted octanol–water partition coefficient (Wildman–Crippen LogP) is 1.32. The summed E-state index contributed by atoms with van der Waals surface area (Å²) in [5.74, 6) is -0.138. The predicted molar refractivity (Wildman–Crippen MR) is 76.2 cm³/mol. The van der Waals surface area contributed by atoms with E-state index in [9.17, 15) is 9.90 Å². The maximum Gasteiger partial charge on any atom is 0.241 e. The lowest BCUT2D eigenvalue weighted by molar-refractivity contribution is -0.120. The van der Waals surface area contributed by atoms with Gasteiger partial charge in [0.05, 0.1) is 22.9 Å². The first-order valence-corrected chi connectivity index (χ1v) is 6.63. The fraction of sp³-hybridized carbons (Fsp3) is 0.462. The topological polar surface area (TPSA) is 78.6 Å². The highest BCUT2D eigenvalue weighted by atomic mass is 35.5. The number of nitrogens with two attached hydrogens (primary N) is 1. The Morgan fingerprint density at radius 1 is 1.63 bits per heavy atom. The molecule has 1 saturated heterocycles. The number of amides is 1. The molecular formula is C13H18ClN3O2. The zero-order chi connectivity index (χ0) is 14.0. The molecule has 1 amide bonds. The number of β-amino-alcohol motifs (C(OH)–C–C–N with tert-alkyl or cyclic N) is 1. The molecule has 1 aromatic rings. The van der Waals surface area contributed by atoms with Gasteiger partial charge in [0, 0.05) is 18.8 Å². The van der Waals surface area contributed by atoms with E-state index < -0.39 is 0 Å². The first kappa shape index (κ1) is 14.1. The lowest BCUT2D eigenvalue weighted by Crippen LogP contribution is -2.41. The summed E-state index contributed by atoms with van der Waals surface area (Å²) >= 11 is 6.01. The molecule has 0 aliphatic carbocycles. The fourth-order valence-corrected chi connectivity index (χ4v) is 2.39. The minimum absolute atomic E-state index is 0.138. The molecule has 0 aromatic heterocycles. The van der Waals surface area contributed by atoms with Crippen LogP contribution in [-0.2, 0) is 4.79 Å². The van der Waals surface area contributed by atoms with Crippen LogP contribution in [0.1, 0.15) is 13.3 Å². The highest BCUT2D eigenvalue weighted by molar-refractivity contribution is 6.34. The van der Waals surface area contributed by atoms with Crippen LogP contribution in [0.2, 0.25) is 5.02 Å². The third kappa shape index (κ3) is 3.37. The second-order valence-corrected chi connectivity index (χ2v) is 5.25. The number of carbonyl (C=O) groups is 1. The molecule has 4 N–H and O–H groups in total. The molecule has 5 nitrogen and oxygen atoms in total. The third-order valence-corrected chi connectivity index (χ3v) is 3.69. The molecule has 1 aromatic carbocycles. The van der Waals surface area contributed by atoms with Gasteiger partial charge >= 0.3 is 0 Å². The number of benzene rings is 1. The molecule has 0 spiro atoms. The lowest BCUT2D eigenvalue weighted by atomic mass is 10.2. The van der Waals surface area contributed by atoms with Crippen molar-refractivity contribution in [2.75, 3.05) is 24.1 Å². The minimum atomic E-state index is -0.338. The molecule has 2 atom stereocenters. The van der Waals surface area contributed by atoms with Gasteiger partial charge in [-0.05, 0) is 31.5 Å². The van der Waals surface area contributed by atoms with E-state index in [4.69, 9.17) is 17.3 Å². The second kappa shape index (κ2) is 5.77. The van der Waals surface area contributed by atoms with Crippen molar-refractivity contribution in [3.8, 4) is 0 Å². The van der Waals surface area contributed by atoms with Crippen LogP contribution in [0, 0.1) is 0 Å². The van der Waals surface area contributed by atoms with Gasteiger partial charge in [-0.1, -0.05) is 11.6 Å². The molecular weight excluding hydrogens is 266 g/mol. The van der Waals surface area contributed by atoms with E-state index in [2.05, 4.69) is 5.32 Å². The van der Waals surface area contributed by atoms with Crippen molar-refractivity contribution in [2.45, 2.75) is 25.5 Å². The van der Waals surface area contributed by atoms with Crippen molar-refractivity contribution in [3.63, 3.8) is 0 Å². The molecule has 0 bridgehead atoms. The Kier molecular flexibility index (Phi) is 4.29. The van der Waals surface area contributed by atoms with Crippen LogP contribution in [0.3, 0.4) is 0 Å². The van der Waals surface area contributed by atoms with Gasteiger partial charge in [-0.15, -0.1) is 0 Å². The number of likely N-dealkylation sites (tertiary alicyclic amines) is 1. The normalized spacial score (nSPS) is 21.3. The van der Waals surface area contributed by atoms with E-state index in [1.165, 1.54) is 0 Å². The van der Waals surface area contributed by atoms with Gasteiger partial charge < -0.3 is 16.2 Å². The second-order valence-electron chi connectivity index (χ2n) is 4.84. The number of nitrogens with zero attached hydrogens (tertiary/aromatic N) is 1. The van der Waals surface area contributed by atoms with Gasteiger partial charge in [-0.3, -0.25) is 9.69 Å². The minimum Gasteiger partial charge on any atom is -0.399 e. The van der Waals surface area contributed by atoms with Crippen molar-refractivity contribution in [1.82, 2.24) is 4.90 Å². The highest BCUT2D eigenvalue weighted by Gasteiger charge is 2.28. The molecule has 1 aliphatic heterocycles. The van der Waals surface area contributed by atoms with Crippen molar-refractivity contribution in [1.29, 1.82) is 0 Å². The maximum atomic E-state index is 12.1. The van der Waals surface area contributed by atoms with E-state index in [-0.39, 0.29) is 18.1 Å². The Labute approximate surface area is 117 Å². The molecule has 2 unspecified atom stereocenters. The largest absolute Gasteiger partial charge is 0.399 e. The maximum absolute atomic E-state index is 12.1. The fourth-order valence-electron chi connectivity index (χ4n) is 2.16. The monoisotopic (exact) mass is 283 g/mol. The summed E-state index contributed by atoms with van der Waals surface area (Å²) in [5, 5.41) is 12.7. The van der Waals surface area contributed by atoms with Crippen LogP contribution in [-0.4, -0.2) is 41.1 Å². The number of nitrogen functional groups attached to an aromatic ring is 1. The van der Waals surface area contributed by atoms with Gasteiger partial charge in [0.1, 0.15) is 0 Å². The number of anilines is 2. The quantitative estimate of drug-likeness (QED) is 0.731. The smallest absolute Gasteiger partial charge is 0.241 e. The highest BCUT2D eigenvalue weighted by Crippen LogP contribution is 2.24. The first-order valence-electron chi connectivity index (χ1n) is 6.25. The van der Waals surface area contributed by atoms with Crippen LogP contribution >= 0.6 is 11.6 Å². The van der Waals surface area contributed by atoms with Crippen molar-refractivity contribution in [3.05, 3.63) is 23.2 Å². The molecule has 1 aliphatic rings. The molecule has 2 rings (SSSR count). The molecule has 1 heterocycles. The number of hydrogen-bond acceptors (Lipinski definition) is 4. The summed E-state index contributed by atoms with van der Waals surface area (Å²) in [7, 11) is 0. The number of nitrogens with one attached hydrogen (secondary N) is 1. The molecule has 104 valence electrons. The Morgan fingerprint density at radius 3 is 2.95 bits per heavy atom. The number of aliphatic hydroxyl groups excluding tert-OH is 1. The number of aliphatic hydroxyl groups is 1. The Bertz CT molecular complexity index is 481. The Balaban J connectivity index is 2.00. The van der Waals surface area contributed by atoms with E-state index in [1.807, 2.05) is 11.8 Å². The number of halogens is 1. The lowest BCUT2D eigenvalue weighted by Gasteiger charge is -2.23. The first-order chi connectivity index (χ1) is 8.97. The van der Waals surface area contributed by atoms with E-state index >= 15 is 0 Å². The molecule has 6 heteroatoms. The summed E-state index contributed by atoms with van der Waals surface area (Å²) in [5.41, 5.74) is 6.70. The zero-order valence-electron chi connectivity index (χ0n) is 10.8. The molecule has 1 fully saturated rings. The summed E-state index contributed by atoms with van der Waals surface area (Å²) < 4.78 is 0. The van der Waals surface area contributed by atoms with Crippen LogP contribution in [0.15, 0.2) is 18.2 Å². The van der Waals surface area contributed by atoms with Crippen LogP contribution < -0.4 is 11.1 Å². The summed E-state index contributed by atoms with van der Waals surface area (Å²) in [6.45, 7) is 3.08. The van der Waals surface area contributed by atoms with Crippen molar-refractivity contribution in [2.24, 2.45) is 0 Å². The number of hydrogen-bond donors (Lipinski definition) is 3. The third-order valence-electron chi connectivity index (χ3n) is 3.37. The Hall–Kier alpha value is -1.30. The van der Waals surface area contributed by atoms with Crippen LogP contribution in [0.5, 0.6) is 0 Å². The molecule has 19 heavy (non-hydrogen) atoms. The van der Waals surface area contributed by atoms with Crippen LogP contribution in [0.4, 0.5) is 11.4 Å². The summed E-state index contributed by atoms with van der Waals surface area (Å²) in [6, 6.07) is 4.67. The Morgan fingerprint density at radius 2 is 2.37 bits per heavy atom. The SMILES string of the molecule is CC(C(=O)Nc1ccc(N)cc1Cl)N1CCC(O)C1. The van der Waals surface area contributed by atoms with Gasteiger partial charge in [0.15, 0.2) is 0 Å². The number of rotatable bonds is 3. The summed E-state index contributed by atoms with van der Waals surface area (Å²) in [6.07, 6.45) is 0.371. The van der Waals surface area contributed by atoms with Gasteiger partial charge in [0.25, 0.3) is 0 Å². The molecule has 0 radical (unpaired) electrons. The van der Waals surface area contributed by atoms with E-state index in [1.54, 1.807) is 18.2 Å². The van der Waals surface area contributed by atoms with Gasteiger partial charge in [-0.2, -0.15) is 0 Å².